The molecule has 0 aliphatic heterocycles. The van der Waals surface area contributed by atoms with E-state index in [1.165, 1.54) is 27.9 Å². The standard InChI is InChI=1S/C18H20Cl2FN5O2/c1-17(2,3)28-16(27)25(9-18(4)6-5-11(19)7-12(18)21)14-8-13(20)24-15-22-10-23-26(14)15/h5,7-8,10H,6,9H2,1-4H3. The Labute approximate surface area is 171 Å². The third-order valence-corrected chi connectivity index (χ3v) is 4.65. The van der Waals surface area contributed by atoms with Gasteiger partial charge in [0.05, 0.1) is 0 Å². The summed E-state index contributed by atoms with van der Waals surface area (Å²) in [5, 5.41) is 4.55. The van der Waals surface area contributed by atoms with Gasteiger partial charge in [-0.25, -0.2) is 9.18 Å². The molecule has 3 rings (SSSR count). The first-order valence-corrected chi connectivity index (χ1v) is 9.34. The molecule has 0 bridgehead atoms. The monoisotopic (exact) mass is 427 g/mol. The highest BCUT2D eigenvalue weighted by Crippen LogP contribution is 2.40. The van der Waals surface area contributed by atoms with Gasteiger partial charge in [0.1, 0.15) is 28.7 Å². The fourth-order valence-corrected chi connectivity index (χ4v) is 3.13. The van der Waals surface area contributed by atoms with Crippen LogP contribution in [0.3, 0.4) is 0 Å². The number of rotatable bonds is 3. The number of halogens is 3. The zero-order chi connectivity index (χ0) is 20.7. The van der Waals surface area contributed by atoms with E-state index in [4.69, 9.17) is 27.9 Å². The molecule has 28 heavy (non-hydrogen) atoms. The first kappa shape index (κ1) is 20.5. The molecular weight excluding hydrogens is 408 g/mol. The van der Waals surface area contributed by atoms with Crippen LogP contribution in [0, 0.1) is 5.41 Å². The number of aromatic nitrogens is 4. The van der Waals surface area contributed by atoms with Crippen LogP contribution in [-0.2, 0) is 4.74 Å². The van der Waals surface area contributed by atoms with Gasteiger partial charge in [-0.05, 0) is 33.3 Å². The van der Waals surface area contributed by atoms with Crippen LogP contribution in [-0.4, -0.2) is 37.8 Å². The van der Waals surface area contributed by atoms with E-state index < -0.39 is 22.9 Å². The highest BCUT2D eigenvalue weighted by atomic mass is 35.5. The zero-order valence-corrected chi connectivity index (χ0v) is 17.4. The average molecular weight is 428 g/mol. The molecule has 1 unspecified atom stereocenters. The topological polar surface area (TPSA) is 72.6 Å². The molecular formula is C18H20Cl2FN5O2. The highest BCUT2D eigenvalue weighted by Gasteiger charge is 2.38. The number of amides is 1. The summed E-state index contributed by atoms with van der Waals surface area (Å²) < 4.78 is 21.7. The molecule has 0 saturated carbocycles. The van der Waals surface area contributed by atoms with Crippen LogP contribution in [0.4, 0.5) is 15.0 Å². The van der Waals surface area contributed by atoms with Gasteiger partial charge in [-0.15, -0.1) is 0 Å². The van der Waals surface area contributed by atoms with Gasteiger partial charge in [-0.1, -0.05) is 36.2 Å². The van der Waals surface area contributed by atoms with Gasteiger partial charge >= 0.3 is 6.09 Å². The second-order valence-corrected chi connectivity index (χ2v) is 8.65. The van der Waals surface area contributed by atoms with Crippen LogP contribution in [0.5, 0.6) is 0 Å². The number of hydrogen-bond acceptors (Lipinski definition) is 5. The lowest BCUT2D eigenvalue weighted by molar-refractivity contribution is 0.0564. The molecule has 0 fully saturated rings. The Kier molecular flexibility index (Phi) is 5.38. The third kappa shape index (κ3) is 4.28. The van der Waals surface area contributed by atoms with Gasteiger partial charge in [-0.2, -0.15) is 19.6 Å². The van der Waals surface area contributed by atoms with Crippen LogP contribution < -0.4 is 4.90 Å². The molecule has 150 valence electrons. The molecule has 7 nitrogen and oxygen atoms in total. The van der Waals surface area contributed by atoms with Gasteiger partial charge in [-0.3, -0.25) is 4.90 Å². The fourth-order valence-electron chi connectivity index (χ4n) is 2.78. The number of anilines is 1. The van der Waals surface area contributed by atoms with Crippen LogP contribution in [0.1, 0.15) is 34.1 Å². The smallest absolute Gasteiger partial charge is 0.416 e. The lowest BCUT2D eigenvalue weighted by Gasteiger charge is -2.36. The van der Waals surface area contributed by atoms with Crippen molar-refractivity contribution in [2.45, 2.75) is 39.7 Å². The maximum atomic E-state index is 14.8. The summed E-state index contributed by atoms with van der Waals surface area (Å²) in [4.78, 5) is 22.4. The van der Waals surface area contributed by atoms with E-state index in [0.717, 1.165) is 0 Å². The van der Waals surface area contributed by atoms with E-state index in [1.54, 1.807) is 33.8 Å². The molecule has 2 aromatic rings. The third-order valence-electron chi connectivity index (χ3n) is 4.19. The SMILES string of the molecule is CC(C)(C)OC(=O)N(CC1(C)CC=C(Cl)C=C1F)c1cc(Cl)nc2ncnn12. The molecule has 2 aromatic heterocycles. The molecule has 0 radical (unpaired) electrons. The molecule has 1 aliphatic carbocycles. The Morgan fingerprint density at radius 1 is 1.43 bits per heavy atom. The number of hydrogen-bond donors (Lipinski definition) is 0. The lowest BCUT2D eigenvalue weighted by Crippen LogP contribution is -2.44. The largest absolute Gasteiger partial charge is 0.443 e. The van der Waals surface area contributed by atoms with E-state index in [-0.39, 0.29) is 23.3 Å². The van der Waals surface area contributed by atoms with Crippen molar-refractivity contribution in [3.05, 3.63) is 40.6 Å². The van der Waals surface area contributed by atoms with Gasteiger partial charge in [0.25, 0.3) is 5.78 Å². The minimum Gasteiger partial charge on any atom is -0.443 e. The van der Waals surface area contributed by atoms with Crippen molar-refractivity contribution < 1.29 is 13.9 Å². The summed E-state index contributed by atoms with van der Waals surface area (Å²) in [5.74, 6) is 0.0591. The molecule has 1 atom stereocenters. The lowest BCUT2D eigenvalue weighted by atomic mass is 9.82. The molecule has 10 heteroatoms. The predicted molar refractivity (Wildman–Crippen MR) is 105 cm³/mol. The minimum atomic E-state index is -1.00. The number of carbonyl (C=O) groups is 1. The number of allylic oxidation sites excluding steroid dienone is 3. The van der Waals surface area contributed by atoms with Crippen LogP contribution >= 0.6 is 23.2 Å². The van der Waals surface area contributed by atoms with Crippen molar-refractivity contribution in [2.75, 3.05) is 11.4 Å². The van der Waals surface area contributed by atoms with E-state index >= 15 is 0 Å². The van der Waals surface area contributed by atoms with Crippen molar-refractivity contribution in [2.24, 2.45) is 5.41 Å². The summed E-state index contributed by atoms with van der Waals surface area (Å²) >= 11 is 12.0. The van der Waals surface area contributed by atoms with Crippen LogP contribution in [0.25, 0.3) is 5.78 Å². The van der Waals surface area contributed by atoms with Gasteiger partial charge in [0.2, 0.25) is 0 Å². The fraction of sp³-hybridized carbons (Fsp3) is 0.444. The summed E-state index contributed by atoms with van der Waals surface area (Å²) in [6, 6.07) is 1.46. The van der Waals surface area contributed by atoms with Gasteiger partial charge in [0, 0.05) is 23.1 Å². The van der Waals surface area contributed by atoms with E-state index in [0.29, 0.717) is 11.5 Å². The maximum Gasteiger partial charge on any atom is 0.416 e. The number of carbonyl (C=O) groups excluding carboxylic acids is 1. The van der Waals surface area contributed by atoms with Crippen molar-refractivity contribution in [1.82, 2.24) is 19.6 Å². The molecule has 1 amide bonds. The minimum absolute atomic E-state index is 0.0276. The zero-order valence-electron chi connectivity index (χ0n) is 15.9. The Morgan fingerprint density at radius 3 is 2.79 bits per heavy atom. The first-order valence-electron chi connectivity index (χ1n) is 8.59. The molecule has 0 N–H and O–H groups in total. The predicted octanol–water partition coefficient (Wildman–Crippen LogP) is 4.91. The van der Waals surface area contributed by atoms with Crippen molar-refractivity contribution in [3.8, 4) is 0 Å². The maximum absolute atomic E-state index is 14.8. The van der Waals surface area contributed by atoms with Crippen LogP contribution in [0.15, 0.2) is 35.4 Å². The Hall–Kier alpha value is -2.19. The number of fused-ring (bicyclic) bond motifs is 1. The highest BCUT2D eigenvalue weighted by molar-refractivity contribution is 6.31. The number of ether oxygens (including phenoxy) is 1. The van der Waals surface area contributed by atoms with Gasteiger partial charge in [0.15, 0.2) is 0 Å². The number of nitrogens with zero attached hydrogens (tertiary/aromatic N) is 5. The van der Waals surface area contributed by atoms with Crippen molar-refractivity contribution in [3.63, 3.8) is 0 Å². The Bertz CT molecular complexity index is 982. The van der Waals surface area contributed by atoms with Crippen molar-refractivity contribution >= 4 is 40.9 Å². The first-order chi connectivity index (χ1) is 13.0. The van der Waals surface area contributed by atoms with Crippen molar-refractivity contribution in [1.29, 1.82) is 0 Å². The van der Waals surface area contributed by atoms with E-state index in [2.05, 4.69) is 15.1 Å². The van der Waals surface area contributed by atoms with E-state index in [1.807, 2.05) is 0 Å². The molecule has 2 heterocycles. The second-order valence-electron chi connectivity index (χ2n) is 7.82. The summed E-state index contributed by atoms with van der Waals surface area (Å²) in [6.07, 6.45) is 3.90. The summed E-state index contributed by atoms with van der Waals surface area (Å²) in [5.41, 5.74) is -1.75. The molecule has 0 spiro atoms. The average Bonchev–Trinajstić information content (AvgIpc) is 3.03. The molecule has 1 aliphatic rings. The molecule has 0 aromatic carbocycles. The normalized spacial score (nSPS) is 20.0. The summed E-state index contributed by atoms with van der Waals surface area (Å²) in [7, 11) is 0. The van der Waals surface area contributed by atoms with Gasteiger partial charge < -0.3 is 4.74 Å². The Morgan fingerprint density at radius 2 is 2.14 bits per heavy atom. The Balaban J connectivity index is 2.07. The van der Waals surface area contributed by atoms with E-state index in [9.17, 15) is 9.18 Å². The van der Waals surface area contributed by atoms with Crippen LogP contribution in [0.2, 0.25) is 5.15 Å². The second kappa shape index (κ2) is 7.33. The quantitative estimate of drug-likeness (QED) is 0.650. The molecule has 0 saturated heterocycles. The summed E-state index contributed by atoms with van der Waals surface area (Å²) in [6.45, 7) is 6.93.